The number of benzene rings is 2. The first kappa shape index (κ1) is 20.6. The second-order valence-corrected chi connectivity index (χ2v) is 8.13. The molecule has 4 rings (SSSR count). The second kappa shape index (κ2) is 9.40. The van der Waals surface area contributed by atoms with Crippen molar-refractivity contribution in [2.24, 2.45) is 0 Å². The van der Waals surface area contributed by atoms with Crippen molar-refractivity contribution in [3.63, 3.8) is 0 Å². The zero-order chi connectivity index (χ0) is 20.9. The first-order chi connectivity index (χ1) is 14.6. The van der Waals surface area contributed by atoms with Crippen molar-refractivity contribution in [3.05, 3.63) is 47.5 Å². The van der Waals surface area contributed by atoms with Crippen LogP contribution in [0.1, 0.15) is 12.8 Å². The van der Waals surface area contributed by atoms with Crippen LogP contribution < -0.4 is 15.0 Å². The van der Waals surface area contributed by atoms with Gasteiger partial charge < -0.3 is 19.4 Å². The van der Waals surface area contributed by atoms with Gasteiger partial charge in [0.1, 0.15) is 5.75 Å². The van der Waals surface area contributed by atoms with E-state index in [0.29, 0.717) is 27.4 Å². The van der Waals surface area contributed by atoms with E-state index in [4.69, 9.17) is 20.8 Å². The molecular weight excluding hydrogens is 424 g/mol. The van der Waals surface area contributed by atoms with Crippen LogP contribution >= 0.6 is 23.4 Å². The summed E-state index contributed by atoms with van der Waals surface area (Å²) >= 11 is 7.33. The normalized spacial score (nSPS) is 13.5. The van der Waals surface area contributed by atoms with E-state index in [-0.39, 0.29) is 11.7 Å². The van der Waals surface area contributed by atoms with Gasteiger partial charge in [-0.2, -0.15) is 0 Å². The second-order valence-electron chi connectivity index (χ2n) is 6.77. The van der Waals surface area contributed by atoms with Gasteiger partial charge in [-0.1, -0.05) is 35.5 Å². The monoisotopic (exact) mass is 444 g/mol. The smallest absolute Gasteiger partial charge is 0.277 e. The molecule has 0 radical (unpaired) electrons. The van der Waals surface area contributed by atoms with Crippen molar-refractivity contribution >= 4 is 40.6 Å². The van der Waals surface area contributed by atoms with Gasteiger partial charge >= 0.3 is 0 Å². The van der Waals surface area contributed by atoms with Crippen LogP contribution in [0.3, 0.4) is 0 Å². The summed E-state index contributed by atoms with van der Waals surface area (Å²) in [6, 6.07) is 13.0. The first-order valence-corrected chi connectivity index (χ1v) is 10.9. The summed E-state index contributed by atoms with van der Waals surface area (Å²) < 4.78 is 11.0. The Morgan fingerprint density at radius 1 is 1.23 bits per heavy atom. The number of para-hydroxylation sites is 1. The summed E-state index contributed by atoms with van der Waals surface area (Å²) in [5.74, 6) is 0.964. The number of nitrogens with one attached hydrogen (secondary N) is 1. The Hall–Kier alpha value is -2.71. The van der Waals surface area contributed by atoms with Gasteiger partial charge in [0.15, 0.2) is 0 Å². The van der Waals surface area contributed by atoms with Gasteiger partial charge in [-0.25, -0.2) is 0 Å². The maximum Gasteiger partial charge on any atom is 0.277 e. The third-order valence-corrected chi connectivity index (χ3v) is 5.80. The van der Waals surface area contributed by atoms with E-state index in [1.807, 2.05) is 36.4 Å². The Morgan fingerprint density at radius 3 is 2.83 bits per heavy atom. The maximum atomic E-state index is 12.5. The van der Waals surface area contributed by atoms with Crippen molar-refractivity contribution in [1.29, 1.82) is 0 Å². The fourth-order valence-corrected chi connectivity index (χ4v) is 4.09. The van der Waals surface area contributed by atoms with Crippen molar-refractivity contribution in [3.8, 4) is 17.2 Å². The summed E-state index contributed by atoms with van der Waals surface area (Å²) in [6.07, 6.45) is 2.30. The molecule has 30 heavy (non-hydrogen) atoms. The van der Waals surface area contributed by atoms with E-state index < -0.39 is 0 Å². The van der Waals surface area contributed by atoms with Crippen LogP contribution in [-0.4, -0.2) is 42.1 Å². The number of anilines is 2. The SMILES string of the molecule is COc1ccccc1-c1nnc(SCC(=O)Nc2cc(Cl)ccc2N2CCCC2)o1. The molecule has 0 saturated carbocycles. The van der Waals surface area contributed by atoms with E-state index in [2.05, 4.69) is 20.4 Å². The molecule has 0 atom stereocenters. The number of halogens is 1. The van der Waals surface area contributed by atoms with Crippen LogP contribution in [-0.2, 0) is 4.79 Å². The molecule has 2 heterocycles. The molecule has 3 aromatic rings. The number of hydrogen-bond acceptors (Lipinski definition) is 7. The molecule has 1 aliphatic rings. The molecule has 0 bridgehead atoms. The predicted molar refractivity (Wildman–Crippen MR) is 119 cm³/mol. The highest BCUT2D eigenvalue weighted by Crippen LogP contribution is 2.33. The highest BCUT2D eigenvalue weighted by Gasteiger charge is 2.18. The van der Waals surface area contributed by atoms with Crippen molar-refractivity contribution in [1.82, 2.24) is 10.2 Å². The van der Waals surface area contributed by atoms with E-state index in [1.165, 1.54) is 11.8 Å². The molecule has 7 nitrogen and oxygen atoms in total. The fourth-order valence-electron chi connectivity index (χ4n) is 3.35. The van der Waals surface area contributed by atoms with E-state index in [1.54, 1.807) is 13.2 Å². The van der Waals surface area contributed by atoms with Crippen molar-refractivity contribution in [2.45, 2.75) is 18.1 Å². The summed E-state index contributed by atoms with van der Waals surface area (Å²) in [5, 5.41) is 11.9. The molecule has 0 unspecified atom stereocenters. The fraction of sp³-hybridized carbons (Fsp3) is 0.286. The number of thioether (sulfide) groups is 1. The predicted octanol–water partition coefficient (Wildman–Crippen LogP) is 4.73. The van der Waals surface area contributed by atoms with E-state index in [9.17, 15) is 4.79 Å². The Balaban J connectivity index is 1.40. The van der Waals surface area contributed by atoms with Gasteiger partial charge in [-0.05, 0) is 43.2 Å². The number of ether oxygens (including phenoxy) is 1. The number of rotatable bonds is 7. The number of aromatic nitrogens is 2. The Kier molecular flexibility index (Phi) is 6.44. The van der Waals surface area contributed by atoms with E-state index in [0.717, 1.165) is 37.3 Å². The summed E-state index contributed by atoms with van der Waals surface area (Å²) in [7, 11) is 1.58. The summed E-state index contributed by atoms with van der Waals surface area (Å²) in [5.41, 5.74) is 2.42. The molecule has 1 aliphatic heterocycles. The highest BCUT2D eigenvalue weighted by molar-refractivity contribution is 7.99. The molecule has 1 N–H and O–H groups in total. The molecule has 0 spiro atoms. The largest absolute Gasteiger partial charge is 0.496 e. The molecule has 1 saturated heterocycles. The molecule has 9 heteroatoms. The zero-order valence-electron chi connectivity index (χ0n) is 16.4. The lowest BCUT2D eigenvalue weighted by atomic mass is 10.2. The average molecular weight is 445 g/mol. The number of nitrogens with zero attached hydrogens (tertiary/aromatic N) is 3. The number of amides is 1. The average Bonchev–Trinajstić information content (AvgIpc) is 3.45. The minimum Gasteiger partial charge on any atom is -0.496 e. The lowest BCUT2D eigenvalue weighted by Gasteiger charge is -2.21. The molecule has 1 aromatic heterocycles. The van der Waals surface area contributed by atoms with Gasteiger partial charge in [-0.15, -0.1) is 10.2 Å². The molecule has 156 valence electrons. The molecule has 1 fully saturated rings. The Morgan fingerprint density at radius 2 is 2.03 bits per heavy atom. The van der Waals surface area contributed by atoms with Gasteiger partial charge in [-0.3, -0.25) is 4.79 Å². The van der Waals surface area contributed by atoms with Crippen LogP contribution in [0.5, 0.6) is 5.75 Å². The van der Waals surface area contributed by atoms with Gasteiger partial charge in [0.05, 0.1) is 29.8 Å². The van der Waals surface area contributed by atoms with Crippen LogP contribution in [0.2, 0.25) is 5.02 Å². The van der Waals surface area contributed by atoms with Gasteiger partial charge in [0, 0.05) is 18.1 Å². The van der Waals surface area contributed by atoms with Crippen molar-refractivity contribution < 1.29 is 13.9 Å². The van der Waals surface area contributed by atoms with Crippen LogP contribution in [0.4, 0.5) is 11.4 Å². The Bertz CT molecular complexity index is 1040. The van der Waals surface area contributed by atoms with Gasteiger partial charge in [0.25, 0.3) is 11.1 Å². The first-order valence-electron chi connectivity index (χ1n) is 9.58. The number of methoxy groups -OCH3 is 1. The standard InChI is InChI=1S/C21H21ClN4O3S/c1-28-18-7-3-2-6-15(18)20-24-25-21(29-20)30-13-19(27)23-16-12-14(22)8-9-17(16)26-10-4-5-11-26/h2-3,6-9,12H,4-5,10-11,13H2,1H3,(H,23,27). The van der Waals surface area contributed by atoms with Crippen molar-refractivity contribution in [2.75, 3.05) is 36.2 Å². The minimum atomic E-state index is -0.167. The zero-order valence-corrected chi connectivity index (χ0v) is 18.0. The molecule has 0 aliphatic carbocycles. The van der Waals surface area contributed by atoms with Gasteiger partial charge in [0.2, 0.25) is 5.91 Å². The molecule has 1 amide bonds. The topological polar surface area (TPSA) is 80.5 Å². The summed E-state index contributed by atoms with van der Waals surface area (Å²) in [4.78, 5) is 14.8. The highest BCUT2D eigenvalue weighted by atomic mass is 35.5. The maximum absolute atomic E-state index is 12.5. The summed E-state index contributed by atoms with van der Waals surface area (Å²) in [6.45, 7) is 1.96. The van der Waals surface area contributed by atoms with Crippen LogP contribution in [0.15, 0.2) is 52.1 Å². The van der Waals surface area contributed by atoms with Crippen LogP contribution in [0.25, 0.3) is 11.5 Å². The van der Waals surface area contributed by atoms with E-state index >= 15 is 0 Å². The third kappa shape index (κ3) is 4.71. The lowest BCUT2D eigenvalue weighted by molar-refractivity contribution is -0.113. The minimum absolute atomic E-state index is 0.138. The molecule has 2 aromatic carbocycles. The quantitative estimate of drug-likeness (QED) is 0.527. The number of carbonyl (C=O) groups is 1. The molecular formula is C21H21ClN4O3S. The number of hydrogen-bond donors (Lipinski definition) is 1. The third-order valence-electron chi connectivity index (χ3n) is 4.75. The number of carbonyl (C=O) groups excluding carboxylic acids is 1. The lowest BCUT2D eigenvalue weighted by Crippen LogP contribution is -2.21. The van der Waals surface area contributed by atoms with Crippen LogP contribution in [0, 0.1) is 0 Å². The Labute approximate surface area is 183 Å².